The third kappa shape index (κ3) is 19.8. The molecule has 2 N–H and O–H groups in total. The Labute approximate surface area is 238 Å². The Morgan fingerprint density at radius 3 is 1.41 bits per heavy atom. The zero-order valence-corrected chi connectivity index (χ0v) is 25.5. The average molecular weight is 554 g/mol. The Morgan fingerprint density at radius 1 is 0.615 bits per heavy atom. The van der Waals surface area contributed by atoms with Gasteiger partial charge in [-0.2, -0.15) is 0 Å². The molecule has 0 amide bonds. The molecule has 3 atom stereocenters. The zero-order valence-electron chi connectivity index (χ0n) is 25.5. The van der Waals surface area contributed by atoms with Crippen molar-refractivity contribution < 1.29 is 34.2 Å². The minimum Gasteiger partial charge on any atom is -0.550 e. The molecular weight excluding hydrogens is 494 g/mol. The number of carboxylic acid groups (broad SMARTS) is 3. The van der Waals surface area contributed by atoms with Crippen LogP contribution in [0.15, 0.2) is 12.2 Å². The van der Waals surface area contributed by atoms with Crippen LogP contribution in [0.5, 0.6) is 0 Å². The molecule has 0 aliphatic rings. The van der Waals surface area contributed by atoms with Crippen LogP contribution in [0.2, 0.25) is 0 Å². The number of unbranched alkanes of at least 4 members (excludes halogenated alkanes) is 11. The minimum absolute atomic E-state index is 0.443. The Kier molecular flexibility index (Phi) is 21.8. The zero-order chi connectivity index (χ0) is 29.5. The van der Waals surface area contributed by atoms with Crippen LogP contribution in [0.1, 0.15) is 130 Å². The first kappa shape index (κ1) is 37.1. The van der Waals surface area contributed by atoms with E-state index in [9.17, 15) is 29.7 Å². The van der Waals surface area contributed by atoms with Gasteiger partial charge in [0.25, 0.3) is 0 Å². The van der Waals surface area contributed by atoms with E-state index >= 15 is 0 Å². The highest BCUT2D eigenvalue weighted by Crippen LogP contribution is 2.22. The van der Waals surface area contributed by atoms with Crippen molar-refractivity contribution in [2.24, 2.45) is 17.8 Å². The van der Waals surface area contributed by atoms with Gasteiger partial charge in [-0.15, -0.1) is 0 Å². The number of rotatable bonds is 27. The van der Waals surface area contributed by atoms with Gasteiger partial charge in [-0.25, -0.2) is 0 Å². The van der Waals surface area contributed by atoms with Crippen LogP contribution < -0.4 is 5.11 Å². The van der Waals surface area contributed by atoms with Gasteiger partial charge in [0, 0.05) is 31.1 Å². The second-order valence-corrected chi connectivity index (χ2v) is 11.9. The predicted molar refractivity (Wildman–Crippen MR) is 156 cm³/mol. The Bertz CT molecular complexity index is 632. The van der Waals surface area contributed by atoms with E-state index < -0.39 is 35.7 Å². The smallest absolute Gasteiger partial charge is 0.306 e. The SMILES string of the molecule is CCCCCC/C=C/CCCCCCCCC[N+](CCC(C)C(=O)[O-])(CCC(C)C(=O)O)CCC(C)C(=O)O. The van der Waals surface area contributed by atoms with Crippen LogP contribution in [0, 0.1) is 17.8 Å². The van der Waals surface area contributed by atoms with Crippen molar-refractivity contribution in [2.75, 3.05) is 26.2 Å². The Balaban J connectivity index is 4.73. The summed E-state index contributed by atoms with van der Waals surface area (Å²) in [5, 5.41) is 30.2. The van der Waals surface area contributed by atoms with E-state index in [0.717, 1.165) is 25.8 Å². The summed E-state index contributed by atoms with van der Waals surface area (Å²) in [5.74, 6) is -4.32. The molecule has 7 nitrogen and oxygen atoms in total. The third-order valence-corrected chi connectivity index (χ3v) is 8.25. The fraction of sp³-hybridized carbons (Fsp3) is 0.844. The molecule has 0 aliphatic carbocycles. The molecule has 0 rings (SSSR count). The molecule has 0 radical (unpaired) electrons. The topological polar surface area (TPSA) is 115 Å². The summed E-state index contributed by atoms with van der Waals surface area (Å²) in [4.78, 5) is 34.3. The predicted octanol–water partition coefficient (Wildman–Crippen LogP) is 6.45. The second-order valence-electron chi connectivity index (χ2n) is 11.9. The summed E-state index contributed by atoms with van der Waals surface area (Å²) in [6, 6.07) is 0. The number of carbonyl (C=O) groups excluding carboxylic acids is 1. The number of nitrogens with zero attached hydrogens (tertiary/aromatic N) is 1. The Hall–Kier alpha value is -1.89. The van der Waals surface area contributed by atoms with Crippen molar-refractivity contribution in [1.29, 1.82) is 0 Å². The highest BCUT2D eigenvalue weighted by molar-refractivity contribution is 5.69. The third-order valence-electron chi connectivity index (χ3n) is 8.25. The number of hydrogen-bond donors (Lipinski definition) is 2. The van der Waals surface area contributed by atoms with E-state index in [0.29, 0.717) is 43.4 Å². The van der Waals surface area contributed by atoms with E-state index in [-0.39, 0.29) is 0 Å². The van der Waals surface area contributed by atoms with Gasteiger partial charge in [0.05, 0.1) is 38.0 Å². The summed E-state index contributed by atoms with van der Waals surface area (Å²) in [6.07, 6.45) is 21.9. The largest absolute Gasteiger partial charge is 0.550 e. The maximum atomic E-state index is 11.5. The molecule has 0 saturated carbocycles. The summed E-state index contributed by atoms with van der Waals surface area (Å²) in [7, 11) is 0. The van der Waals surface area contributed by atoms with Crippen LogP contribution in [-0.4, -0.2) is 58.8 Å². The van der Waals surface area contributed by atoms with E-state index in [2.05, 4.69) is 19.1 Å². The summed E-state index contributed by atoms with van der Waals surface area (Å²) in [6.45, 7) is 9.93. The van der Waals surface area contributed by atoms with Gasteiger partial charge in [0.1, 0.15) is 0 Å². The highest BCUT2D eigenvalue weighted by atomic mass is 16.4. The Morgan fingerprint density at radius 2 is 1.00 bits per heavy atom. The standard InChI is InChI=1S/C32H59NO6/c1-5-6-7-8-9-10-11-12-13-14-15-16-17-18-19-23-33(24-20-27(2)30(34)35,25-21-28(3)31(36)37)26-22-29(4)32(38)39/h10-11,27-29H,5-9,12-26H2,1-4H3,(H2-,34,35,36,37,38,39)/b11-10+. The van der Waals surface area contributed by atoms with E-state index in [4.69, 9.17) is 0 Å². The van der Waals surface area contributed by atoms with Crippen molar-refractivity contribution in [3.8, 4) is 0 Å². The molecule has 0 aliphatic heterocycles. The van der Waals surface area contributed by atoms with Gasteiger partial charge in [-0.1, -0.05) is 84.8 Å². The summed E-state index contributed by atoms with van der Waals surface area (Å²) >= 11 is 0. The first-order valence-corrected chi connectivity index (χ1v) is 15.7. The molecular formula is C32H59NO6. The first-order chi connectivity index (χ1) is 18.5. The molecule has 0 aromatic carbocycles. The summed E-state index contributed by atoms with van der Waals surface area (Å²) in [5.41, 5.74) is 0. The van der Waals surface area contributed by atoms with Crippen LogP contribution in [-0.2, 0) is 14.4 Å². The van der Waals surface area contributed by atoms with Gasteiger partial charge in [-0.3, -0.25) is 9.59 Å². The molecule has 0 aromatic rings. The van der Waals surface area contributed by atoms with Crippen LogP contribution in [0.25, 0.3) is 0 Å². The van der Waals surface area contributed by atoms with Gasteiger partial charge < -0.3 is 24.6 Å². The van der Waals surface area contributed by atoms with E-state index in [1.807, 2.05) is 0 Å². The first-order valence-electron chi connectivity index (χ1n) is 15.7. The summed E-state index contributed by atoms with van der Waals surface area (Å²) < 4.78 is 0.581. The minimum atomic E-state index is -1.08. The molecule has 0 fully saturated rings. The molecule has 228 valence electrons. The van der Waals surface area contributed by atoms with Crippen molar-refractivity contribution in [3.63, 3.8) is 0 Å². The van der Waals surface area contributed by atoms with Crippen molar-refractivity contribution in [1.82, 2.24) is 0 Å². The van der Waals surface area contributed by atoms with Crippen molar-refractivity contribution in [3.05, 3.63) is 12.2 Å². The molecule has 0 aromatic heterocycles. The average Bonchev–Trinajstić information content (AvgIpc) is 2.90. The van der Waals surface area contributed by atoms with Crippen LogP contribution >= 0.6 is 0 Å². The van der Waals surface area contributed by atoms with Crippen molar-refractivity contribution >= 4 is 17.9 Å². The lowest BCUT2D eigenvalue weighted by Crippen LogP contribution is -2.52. The van der Waals surface area contributed by atoms with Crippen molar-refractivity contribution in [2.45, 2.75) is 130 Å². The number of aliphatic carboxylic acids is 3. The monoisotopic (exact) mass is 553 g/mol. The van der Waals surface area contributed by atoms with Crippen LogP contribution in [0.4, 0.5) is 0 Å². The normalized spacial score (nSPS) is 15.6. The van der Waals surface area contributed by atoms with Gasteiger partial charge in [0.15, 0.2) is 0 Å². The molecule has 0 heterocycles. The maximum Gasteiger partial charge on any atom is 0.306 e. The number of carboxylic acids is 3. The lowest BCUT2D eigenvalue weighted by molar-refractivity contribution is -0.929. The van der Waals surface area contributed by atoms with E-state index in [1.165, 1.54) is 64.2 Å². The lowest BCUT2D eigenvalue weighted by Gasteiger charge is -2.41. The van der Waals surface area contributed by atoms with E-state index in [1.54, 1.807) is 20.8 Å². The molecule has 39 heavy (non-hydrogen) atoms. The fourth-order valence-electron chi connectivity index (χ4n) is 4.96. The molecule has 3 unspecified atom stereocenters. The fourth-order valence-corrected chi connectivity index (χ4v) is 4.96. The number of carbonyl (C=O) groups is 3. The molecule has 0 spiro atoms. The molecule has 0 bridgehead atoms. The van der Waals surface area contributed by atoms with Gasteiger partial charge in [-0.05, 0) is 38.5 Å². The number of hydrogen-bond acceptors (Lipinski definition) is 4. The second kappa shape index (κ2) is 22.9. The highest BCUT2D eigenvalue weighted by Gasteiger charge is 2.30. The van der Waals surface area contributed by atoms with Gasteiger partial charge >= 0.3 is 11.9 Å². The van der Waals surface area contributed by atoms with Gasteiger partial charge in [0.2, 0.25) is 0 Å². The molecule has 7 heteroatoms. The van der Waals surface area contributed by atoms with Crippen LogP contribution in [0.3, 0.4) is 0 Å². The maximum absolute atomic E-state index is 11.5. The molecule has 0 saturated heterocycles. The number of allylic oxidation sites excluding steroid dienone is 2. The number of quaternary nitrogens is 1. The quantitative estimate of drug-likeness (QED) is 0.0686. The lowest BCUT2D eigenvalue weighted by atomic mass is 10.0.